The summed E-state index contributed by atoms with van der Waals surface area (Å²) in [5.74, 6) is 0.259. The Balaban J connectivity index is 1.56. The average Bonchev–Trinajstić information content (AvgIpc) is 3.12. The van der Waals surface area contributed by atoms with E-state index in [2.05, 4.69) is 29.2 Å². The number of carbonyl (C=O) groups excluding carboxylic acids is 1. The molecule has 3 heteroatoms. The Morgan fingerprint density at radius 2 is 1.82 bits per heavy atom. The number of aryl methyl sites for hydroxylation is 1. The molecule has 0 saturated carbocycles. The van der Waals surface area contributed by atoms with Crippen LogP contribution in [-0.2, 0) is 16.6 Å². The van der Waals surface area contributed by atoms with Gasteiger partial charge >= 0.3 is 0 Å². The van der Waals surface area contributed by atoms with Crippen LogP contribution in [0.4, 0.5) is 0 Å². The molecule has 2 saturated heterocycles. The van der Waals surface area contributed by atoms with Gasteiger partial charge in [-0.05, 0) is 62.6 Å². The van der Waals surface area contributed by atoms with Crippen molar-refractivity contribution in [2.75, 3.05) is 20.1 Å². The highest BCUT2D eigenvalue weighted by atomic mass is 16.2. The van der Waals surface area contributed by atoms with E-state index in [9.17, 15) is 4.79 Å². The van der Waals surface area contributed by atoms with Crippen molar-refractivity contribution in [1.82, 2.24) is 9.80 Å². The summed E-state index contributed by atoms with van der Waals surface area (Å²) in [5.41, 5.74) is 2.80. The first-order valence-electron chi connectivity index (χ1n) is 11.4. The highest BCUT2D eigenvalue weighted by Gasteiger charge is 2.43. The maximum atomic E-state index is 12.9. The van der Waals surface area contributed by atoms with Crippen LogP contribution in [0.3, 0.4) is 0 Å². The molecular formula is C25H38N2O. The van der Waals surface area contributed by atoms with Crippen molar-refractivity contribution in [2.24, 2.45) is 5.41 Å². The van der Waals surface area contributed by atoms with Gasteiger partial charge in [-0.15, -0.1) is 0 Å². The number of piperidine rings is 1. The number of hydrogen-bond acceptors (Lipinski definition) is 2. The summed E-state index contributed by atoms with van der Waals surface area (Å²) in [6.45, 7) is 8.15. The first-order valence-corrected chi connectivity index (χ1v) is 11.4. The van der Waals surface area contributed by atoms with E-state index < -0.39 is 0 Å². The summed E-state index contributed by atoms with van der Waals surface area (Å²) >= 11 is 0. The van der Waals surface area contributed by atoms with Crippen LogP contribution in [0, 0.1) is 5.41 Å². The molecule has 3 nitrogen and oxygen atoms in total. The predicted molar refractivity (Wildman–Crippen MR) is 116 cm³/mol. The second-order valence-electron chi connectivity index (χ2n) is 10.7. The Labute approximate surface area is 171 Å². The largest absolute Gasteiger partial charge is 0.344 e. The molecule has 2 unspecified atom stereocenters. The first kappa shape index (κ1) is 19.9. The van der Waals surface area contributed by atoms with Gasteiger partial charge in [0, 0.05) is 36.5 Å². The van der Waals surface area contributed by atoms with Crippen LogP contribution in [-0.4, -0.2) is 47.9 Å². The van der Waals surface area contributed by atoms with Gasteiger partial charge in [0.05, 0.1) is 0 Å². The standard InChI is InChI=1S/C25H38N2O/c1-24(2,3)23(28)26(4)18-25(15-14-19-8-5-6-11-22(19)25)16-17-27-20-9-7-10-21(27)13-12-20/h5-6,8,11,20-21H,7,9-10,12-18H2,1-4H3/t20-,21?,25?/m1/s1. The van der Waals surface area contributed by atoms with Crippen LogP contribution in [0.15, 0.2) is 24.3 Å². The van der Waals surface area contributed by atoms with E-state index in [4.69, 9.17) is 0 Å². The van der Waals surface area contributed by atoms with Gasteiger partial charge in [0.25, 0.3) is 0 Å². The number of benzene rings is 1. The lowest BCUT2D eigenvalue weighted by Gasteiger charge is -2.41. The van der Waals surface area contributed by atoms with Gasteiger partial charge < -0.3 is 4.90 Å². The molecule has 1 aromatic carbocycles. The number of likely N-dealkylation sites (N-methyl/N-ethyl adjacent to an activating group) is 1. The SMILES string of the molecule is CN(CC1(CCN2C3CCC[C@@H]2CC3)CCc2ccccc21)C(=O)C(C)(C)C. The van der Waals surface area contributed by atoms with E-state index in [1.54, 1.807) is 0 Å². The molecule has 0 radical (unpaired) electrons. The highest BCUT2D eigenvalue weighted by molar-refractivity contribution is 5.81. The summed E-state index contributed by atoms with van der Waals surface area (Å²) in [6.07, 6.45) is 10.5. The fraction of sp³-hybridized carbons (Fsp3) is 0.720. The van der Waals surface area contributed by atoms with E-state index in [-0.39, 0.29) is 16.7 Å². The molecule has 2 fully saturated rings. The van der Waals surface area contributed by atoms with Crippen LogP contribution in [0.5, 0.6) is 0 Å². The van der Waals surface area contributed by atoms with Gasteiger partial charge in [-0.2, -0.15) is 0 Å². The molecule has 2 heterocycles. The Kier molecular flexibility index (Phi) is 5.33. The zero-order chi connectivity index (χ0) is 19.9. The molecule has 4 rings (SSSR count). The molecule has 3 atom stereocenters. The summed E-state index contributed by atoms with van der Waals surface area (Å²) in [4.78, 5) is 17.8. The minimum atomic E-state index is -0.319. The van der Waals surface area contributed by atoms with Gasteiger partial charge in [0.15, 0.2) is 0 Å². The van der Waals surface area contributed by atoms with Crippen molar-refractivity contribution in [3.63, 3.8) is 0 Å². The van der Waals surface area contributed by atoms with E-state index in [0.717, 1.165) is 25.0 Å². The molecule has 28 heavy (non-hydrogen) atoms. The Morgan fingerprint density at radius 1 is 1.14 bits per heavy atom. The summed E-state index contributed by atoms with van der Waals surface area (Å²) in [6, 6.07) is 10.6. The number of rotatable bonds is 5. The van der Waals surface area contributed by atoms with E-state index >= 15 is 0 Å². The average molecular weight is 383 g/mol. The third kappa shape index (κ3) is 3.63. The van der Waals surface area contributed by atoms with Crippen molar-refractivity contribution >= 4 is 5.91 Å². The molecular weight excluding hydrogens is 344 g/mol. The van der Waals surface area contributed by atoms with Crippen LogP contribution < -0.4 is 0 Å². The van der Waals surface area contributed by atoms with Crippen LogP contribution in [0.2, 0.25) is 0 Å². The minimum Gasteiger partial charge on any atom is -0.344 e. The second-order valence-corrected chi connectivity index (χ2v) is 10.7. The predicted octanol–water partition coefficient (Wildman–Crippen LogP) is 4.78. The Bertz CT molecular complexity index is 706. The molecule has 2 bridgehead atoms. The van der Waals surface area contributed by atoms with E-state index in [0.29, 0.717) is 0 Å². The third-order valence-corrected chi connectivity index (χ3v) is 7.68. The third-order valence-electron chi connectivity index (χ3n) is 7.68. The summed E-state index contributed by atoms with van der Waals surface area (Å²) in [5, 5.41) is 0. The lowest BCUT2D eigenvalue weighted by atomic mass is 9.77. The Hall–Kier alpha value is -1.35. The number of carbonyl (C=O) groups is 1. The zero-order valence-electron chi connectivity index (χ0n) is 18.3. The smallest absolute Gasteiger partial charge is 0.227 e. The fourth-order valence-corrected chi connectivity index (χ4v) is 6.30. The normalized spacial score (nSPS) is 29.7. The van der Waals surface area contributed by atoms with Crippen molar-refractivity contribution in [1.29, 1.82) is 0 Å². The number of nitrogens with zero attached hydrogens (tertiary/aromatic N) is 2. The molecule has 2 aliphatic heterocycles. The molecule has 0 aromatic heterocycles. The second kappa shape index (κ2) is 7.48. The van der Waals surface area contributed by atoms with Crippen molar-refractivity contribution < 1.29 is 4.79 Å². The van der Waals surface area contributed by atoms with Crippen molar-refractivity contribution in [3.8, 4) is 0 Å². The fourth-order valence-electron chi connectivity index (χ4n) is 6.30. The van der Waals surface area contributed by atoms with Gasteiger partial charge in [-0.1, -0.05) is 51.5 Å². The molecule has 1 aromatic rings. The van der Waals surface area contributed by atoms with Gasteiger partial charge in [-0.25, -0.2) is 0 Å². The van der Waals surface area contributed by atoms with Gasteiger partial charge in [-0.3, -0.25) is 9.69 Å². The highest BCUT2D eigenvalue weighted by Crippen LogP contribution is 2.44. The maximum absolute atomic E-state index is 12.9. The zero-order valence-corrected chi connectivity index (χ0v) is 18.3. The van der Waals surface area contributed by atoms with Crippen LogP contribution >= 0.6 is 0 Å². The number of amides is 1. The minimum absolute atomic E-state index is 0.114. The molecule has 0 N–H and O–H groups in total. The first-order chi connectivity index (χ1) is 13.3. The number of hydrogen-bond donors (Lipinski definition) is 0. The molecule has 1 aliphatic carbocycles. The van der Waals surface area contributed by atoms with Gasteiger partial charge in [0.1, 0.15) is 0 Å². The van der Waals surface area contributed by atoms with Crippen LogP contribution in [0.25, 0.3) is 0 Å². The van der Waals surface area contributed by atoms with E-state index in [1.807, 2.05) is 32.7 Å². The molecule has 3 aliphatic rings. The lowest BCUT2D eigenvalue weighted by molar-refractivity contribution is -0.139. The van der Waals surface area contributed by atoms with Gasteiger partial charge in [0.2, 0.25) is 5.91 Å². The molecule has 154 valence electrons. The quantitative estimate of drug-likeness (QED) is 0.731. The van der Waals surface area contributed by atoms with E-state index in [1.165, 1.54) is 62.6 Å². The molecule has 1 amide bonds. The van der Waals surface area contributed by atoms with Crippen molar-refractivity contribution in [2.45, 2.75) is 89.6 Å². The monoisotopic (exact) mass is 382 g/mol. The summed E-state index contributed by atoms with van der Waals surface area (Å²) < 4.78 is 0. The maximum Gasteiger partial charge on any atom is 0.227 e. The number of fused-ring (bicyclic) bond motifs is 3. The van der Waals surface area contributed by atoms with Crippen molar-refractivity contribution in [3.05, 3.63) is 35.4 Å². The van der Waals surface area contributed by atoms with Crippen LogP contribution in [0.1, 0.15) is 76.8 Å². The summed E-state index contributed by atoms with van der Waals surface area (Å²) in [7, 11) is 2.01. The topological polar surface area (TPSA) is 23.6 Å². The lowest BCUT2D eigenvalue weighted by Crippen LogP contribution is -2.47. The Morgan fingerprint density at radius 3 is 2.50 bits per heavy atom. The molecule has 0 spiro atoms.